The van der Waals surface area contributed by atoms with Gasteiger partial charge in [0.2, 0.25) is 0 Å². The second-order valence-electron chi connectivity index (χ2n) is 6.92. The van der Waals surface area contributed by atoms with E-state index >= 15 is 0 Å². The molecule has 0 aliphatic heterocycles. The number of hydrogen-bond donors (Lipinski definition) is 1. The standard InChI is InChI=1S/C21H31N3O/c1-7-10-14-22-18-13-11-12-17(15-18)16-19(20(25)21(4,5)6)24(9-3)23-8-2/h8-9,11-13,15-16,22H,3,7,10,14H2,1-2,4-6H3/b19-16-,23-8-. The van der Waals surface area contributed by atoms with Gasteiger partial charge in [-0.05, 0) is 37.1 Å². The van der Waals surface area contributed by atoms with Crippen molar-refractivity contribution in [1.82, 2.24) is 5.01 Å². The van der Waals surface area contributed by atoms with Crippen LogP contribution in [-0.4, -0.2) is 23.6 Å². The zero-order chi connectivity index (χ0) is 18.9. The highest BCUT2D eigenvalue weighted by Crippen LogP contribution is 2.25. The summed E-state index contributed by atoms with van der Waals surface area (Å²) in [4.78, 5) is 12.9. The number of benzene rings is 1. The quantitative estimate of drug-likeness (QED) is 0.287. The average molecular weight is 341 g/mol. The van der Waals surface area contributed by atoms with Crippen LogP contribution in [0.3, 0.4) is 0 Å². The summed E-state index contributed by atoms with van der Waals surface area (Å²) >= 11 is 0. The minimum Gasteiger partial charge on any atom is -0.385 e. The summed E-state index contributed by atoms with van der Waals surface area (Å²) in [5.41, 5.74) is 2.00. The molecule has 1 aromatic rings. The highest BCUT2D eigenvalue weighted by molar-refractivity contribution is 6.02. The zero-order valence-corrected chi connectivity index (χ0v) is 16.2. The van der Waals surface area contributed by atoms with E-state index in [2.05, 4.69) is 23.9 Å². The Bertz CT molecular complexity index is 639. The molecule has 0 amide bonds. The molecule has 0 fully saturated rings. The Morgan fingerprint density at radius 1 is 1.36 bits per heavy atom. The molecule has 4 heteroatoms. The number of Topliss-reactive ketones (excluding diaryl/α,β-unsaturated/α-hetero) is 1. The molecule has 1 N–H and O–H groups in total. The monoisotopic (exact) mass is 341 g/mol. The molecule has 1 aromatic carbocycles. The number of nitrogens with one attached hydrogen (secondary N) is 1. The van der Waals surface area contributed by atoms with Crippen molar-refractivity contribution in [1.29, 1.82) is 0 Å². The third kappa shape index (κ3) is 6.57. The van der Waals surface area contributed by atoms with E-state index in [1.165, 1.54) is 5.01 Å². The summed E-state index contributed by atoms with van der Waals surface area (Å²) in [5, 5.41) is 9.18. The molecular weight excluding hydrogens is 310 g/mol. The Labute approximate surface area is 152 Å². The van der Waals surface area contributed by atoms with E-state index in [0.717, 1.165) is 30.6 Å². The van der Waals surface area contributed by atoms with Crippen molar-refractivity contribution in [3.05, 3.63) is 48.3 Å². The van der Waals surface area contributed by atoms with Gasteiger partial charge in [-0.3, -0.25) is 4.79 Å². The fourth-order valence-corrected chi connectivity index (χ4v) is 2.26. The summed E-state index contributed by atoms with van der Waals surface area (Å²) in [6.45, 7) is 14.4. The predicted molar refractivity (Wildman–Crippen MR) is 108 cm³/mol. The van der Waals surface area contributed by atoms with Crippen LogP contribution < -0.4 is 5.32 Å². The lowest BCUT2D eigenvalue weighted by Crippen LogP contribution is -2.28. The molecule has 0 saturated carbocycles. The number of anilines is 1. The SMILES string of the molecule is C=CN(/N=C\C)/C(=C\c1cccc(NCCCC)c1)C(=O)C(C)(C)C. The van der Waals surface area contributed by atoms with Gasteiger partial charge in [-0.25, -0.2) is 5.01 Å². The van der Waals surface area contributed by atoms with E-state index in [-0.39, 0.29) is 5.78 Å². The smallest absolute Gasteiger partial charge is 0.186 e. The van der Waals surface area contributed by atoms with E-state index in [1.54, 1.807) is 12.4 Å². The molecule has 0 spiro atoms. The van der Waals surface area contributed by atoms with Crippen molar-refractivity contribution in [3.63, 3.8) is 0 Å². The van der Waals surface area contributed by atoms with Crippen LogP contribution in [0.5, 0.6) is 0 Å². The van der Waals surface area contributed by atoms with E-state index < -0.39 is 5.41 Å². The molecule has 136 valence electrons. The summed E-state index contributed by atoms with van der Waals surface area (Å²) in [5.74, 6) is 0.0161. The zero-order valence-electron chi connectivity index (χ0n) is 16.2. The molecular formula is C21H31N3O. The Hall–Kier alpha value is -2.36. The second-order valence-corrected chi connectivity index (χ2v) is 6.92. The summed E-state index contributed by atoms with van der Waals surface area (Å²) in [6.07, 6.45) is 7.35. The van der Waals surface area contributed by atoms with Crippen molar-refractivity contribution in [2.45, 2.75) is 47.5 Å². The summed E-state index contributed by atoms with van der Waals surface area (Å²) < 4.78 is 0. The molecule has 0 aromatic heterocycles. The van der Waals surface area contributed by atoms with Gasteiger partial charge in [0.25, 0.3) is 0 Å². The molecule has 0 radical (unpaired) electrons. The van der Waals surface area contributed by atoms with Crippen LogP contribution in [0.15, 0.2) is 47.8 Å². The number of carbonyl (C=O) groups is 1. The number of allylic oxidation sites excluding steroid dienone is 1. The van der Waals surface area contributed by atoms with Gasteiger partial charge in [0, 0.05) is 30.1 Å². The van der Waals surface area contributed by atoms with Crippen molar-refractivity contribution < 1.29 is 4.79 Å². The van der Waals surface area contributed by atoms with Crippen LogP contribution in [0.25, 0.3) is 6.08 Å². The molecule has 0 aliphatic carbocycles. The maximum absolute atomic E-state index is 12.9. The fourth-order valence-electron chi connectivity index (χ4n) is 2.26. The van der Waals surface area contributed by atoms with Crippen LogP contribution in [0.2, 0.25) is 0 Å². The minimum absolute atomic E-state index is 0.0161. The number of hydrazone groups is 1. The number of ketones is 1. The van der Waals surface area contributed by atoms with Gasteiger partial charge < -0.3 is 5.32 Å². The van der Waals surface area contributed by atoms with Gasteiger partial charge in [0.1, 0.15) is 5.70 Å². The number of rotatable bonds is 9. The molecule has 0 unspecified atom stereocenters. The van der Waals surface area contributed by atoms with Crippen LogP contribution >= 0.6 is 0 Å². The molecule has 4 nitrogen and oxygen atoms in total. The Morgan fingerprint density at radius 3 is 2.64 bits per heavy atom. The third-order valence-electron chi connectivity index (χ3n) is 3.62. The second kappa shape index (κ2) is 9.82. The number of nitrogens with zero attached hydrogens (tertiary/aromatic N) is 2. The maximum Gasteiger partial charge on any atom is 0.186 e. The maximum atomic E-state index is 12.9. The van der Waals surface area contributed by atoms with Crippen molar-refractivity contribution in [3.8, 4) is 0 Å². The van der Waals surface area contributed by atoms with Gasteiger partial charge in [0.15, 0.2) is 5.78 Å². The topological polar surface area (TPSA) is 44.7 Å². The molecule has 0 aliphatic rings. The van der Waals surface area contributed by atoms with Crippen molar-refractivity contribution >= 4 is 23.8 Å². The first kappa shape index (κ1) is 20.7. The van der Waals surface area contributed by atoms with Gasteiger partial charge >= 0.3 is 0 Å². The first-order valence-corrected chi connectivity index (χ1v) is 8.84. The van der Waals surface area contributed by atoms with Gasteiger partial charge in [-0.15, -0.1) is 0 Å². The third-order valence-corrected chi connectivity index (χ3v) is 3.62. The van der Waals surface area contributed by atoms with Crippen molar-refractivity contribution in [2.75, 3.05) is 11.9 Å². The highest BCUT2D eigenvalue weighted by atomic mass is 16.1. The largest absolute Gasteiger partial charge is 0.385 e. The summed E-state index contributed by atoms with van der Waals surface area (Å²) in [6, 6.07) is 8.05. The number of hydrogen-bond acceptors (Lipinski definition) is 4. The summed E-state index contributed by atoms with van der Waals surface area (Å²) in [7, 11) is 0. The Kier molecular flexibility index (Phi) is 8.12. The van der Waals surface area contributed by atoms with Gasteiger partial charge in [-0.2, -0.15) is 5.10 Å². The van der Waals surface area contributed by atoms with Crippen LogP contribution in [0.1, 0.15) is 53.0 Å². The lowest BCUT2D eigenvalue weighted by molar-refractivity contribution is -0.123. The molecule has 0 heterocycles. The van der Waals surface area contributed by atoms with Gasteiger partial charge in [-0.1, -0.05) is 52.8 Å². The predicted octanol–water partition coefficient (Wildman–Crippen LogP) is 5.31. The normalized spacial score (nSPS) is 12.3. The van der Waals surface area contributed by atoms with Crippen LogP contribution in [0.4, 0.5) is 5.69 Å². The molecule has 0 saturated heterocycles. The molecule has 25 heavy (non-hydrogen) atoms. The van der Waals surface area contributed by atoms with E-state index in [4.69, 9.17) is 0 Å². The average Bonchev–Trinajstić information content (AvgIpc) is 2.57. The first-order valence-electron chi connectivity index (χ1n) is 8.84. The van der Waals surface area contributed by atoms with Gasteiger partial charge in [0.05, 0.1) is 0 Å². The molecule has 0 bridgehead atoms. The minimum atomic E-state index is -0.507. The van der Waals surface area contributed by atoms with Crippen LogP contribution in [-0.2, 0) is 4.79 Å². The first-order chi connectivity index (χ1) is 11.8. The molecule has 1 rings (SSSR count). The van der Waals surface area contributed by atoms with E-state index in [0.29, 0.717) is 5.70 Å². The number of unbranched alkanes of at least 4 members (excludes halogenated alkanes) is 1. The lowest BCUT2D eigenvalue weighted by atomic mass is 9.88. The lowest BCUT2D eigenvalue weighted by Gasteiger charge is -2.24. The fraction of sp³-hybridized carbons (Fsp3) is 0.429. The molecule has 0 atom stereocenters. The van der Waals surface area contributed by atoms with Crippen LogP contribution in [0, 0.1) is 5.41 Å². The van der Waals surface area contributed by atoms with Crippen molar-refractivity contribution in [2.24, 2.45) is 10.5 Å². The Balaban J connectivity index is 3.23. The highest BCUT2D eigenvalue weighted by Gasteiger charge is 2.27. The Morgan fingerprint density at radius 2 is 2.08 bits per heavy atom. The number of carbonyl (C=O) groups excluding carboxylic acids is 1. The van der Waals surface area contributed by atoms with E-state index in [1.807, 2.05) is 58.0 Å². The van der Waals surface area contributed by atoms with E-state index in [9.17, 15) is 4.79 Å².